The van der Waals surface area contributed by atoms with Gasteiger partial charge in [-0.15, -0.1) is 0 Å². The van der Waals surface area contributed by atoms with E-state index in [0.717, 1.165) is 16.9 Å². The Bertz CT molecular complexity index is 558. The van der Waals surface area contributed by atoms with Gasteiger partial charge >= 0.3 is 0 Å². The third-order valence-electron chi connectivity index (χ3n) is 2.57. The summed E-state index contributed by atoms with van der Waals surface area (Å²) in [7, 11) is 3.44. The zero-order valence-electron chi connectivity index (χ0n) is 11.3. The lowest BCUT2D eigenvalue weighted by Gasteiger charge is -2.09. The lowest BCUT2D eigenvalue weighted by atomic mass is 10.2. The molecule has 1 aromatic heterocycles. The molecule has 2 aromatic rings. The molecule has 0 atom stereocenters. The first kappa shape index (κ1) is 13.3. The van der Waals surface area contributed by atoms with E-state index in [1.165, 1.54) is 0 Å². The molecule has 5 nitrogen and oxygen atoms in total. The summed E-state index contributed by atoms with van der Waals surface area (Å²) in [5.74, 6) is 1.82. The molecular weight excluding hydrogens is 242 g/mol. The highest BCUT2D eigenvalue weighted by Crippen LogP contribution is 2.24. The molecule has 0 aliphatic rings. The van der Waals surface area contributed by atoms with Crippen LogP contribution in [-0.2, 0) is 11.3 Å². The molecule has 0 aliphatic carbocycles. The number of hydrogen-bond acceptors (Lipinski definition) is 5. The number of benzene rings is 1. The van der Waals surface area contributed by atoms with Crippen molar-refractivity contribution >= 4 is 5.95 Å². The molecule has 0 saturated carbocycles. The molecule has 100 valence electrons. The number of anilines is 1. The minimum Gasteiger partial charge on any atom is -0.439 e. The minimum absolute atomic E-state index is 0.536. The van der Waals surface area contributed by atoms with Crippen molar-refractivity contribution in [1.82, 2.24) is 9.97 Å². The fourth-order valence-corrected chi connectivity index (χ4v) is 1.63. The van der Waals surface area contributed by atoms with Crippen molar-refractivity contribution in [1.29, 1.82) is 0 Å². The molecule has 0 spiro atoms. The average molecular weight is 259 g/mol. The number of aromatic nitrogens is 2. The molecule has 2 rings (SSSR count). The normalized spacial score (nSPS) is 10.3. The van der Waals surface area contributed by atoms with Gasteiger partial charge in [-0.3, -0.25) is 0 Å². The van der Waals surface area contributed by atoms with Crippen LogP contribution in [0.4, 0.5) is 5.95 Å². The van der Waals surface area contributed by atoms with Crippen LogP contribution in [0.2, 0.25) is 0 Å². The Labute approximate surface area is 112 Å². The molecule has 1 N–H and O–H groups in total. The van der Waals surface area contributed by atoms with Crippen LogP contribution in [-0.4, -0.2) is 24.1 Å². The van der Waals surface area contributed by atoms with Gasteiger partial charge in [-0.2, -0.15) is 4.98 Å². The van der Waals surface area contributed by atoms with Crippen LogP contribution in [0.3, 0.4) is 0 Å². The van der Waals surface area contributed by atoms with Crippen molar-refractivity contribution in [2.45, 2.75) is 13.5 Å². The minimum atomic E-state index is 0.536. The van der Waals surface area contributed by atoms with Gasteiger partial charge in [0.25, 0.3) is 0 Å². The Hall–Kier alpha value is -2.14. The number of methoxy groups -OCH3 is 1. The largest absolute Gasteiger partial charge is 0.439 e. The summed E-state index contributed by atoms with van der Waals surface area (Å²) in [4.78, 5) is 8.41. The molecular formula is C14H17N3O2. The van der Waals surface area contributed by atoms with E-state index in [2.05, 4.69) is 15.3 Å². The summed E-state index contributed by atoms with van der Waals surface area (Å²) in [5.41, 5.74) is 1.94. The highest BCUT2D eigenvalue weighted by molar-refractivity contribution is 5.36. The topological polar surface area (TPSA) is 56.3 Å². The van der Waals surface area contributed by atoms with E-state index in [4.69, 9.17) is 9.47 Å². The molecule has 5 heteroatoms. The van der Waals surface area contributed by atoms with E-state index in [-0.39, 0.29) is 0 Å². The van der Waals surface area contributed by atoms with Gasteiger partial charge in [0.05, 0.1) is 6.61 Å². The van der Waals surface area contributed by atoms with E-state index in [9.17, 15) is 0 Å². The van der Waals surface area contributed by atoms with Crippen molar-refractivity contribution in [3.63, 3.8) is 0 Å². The van der Waals surface area contributed by atoms with Crippen LogP contribution in [0, 0.1) is 6.92 Å². The molecule has 1 aromatic carbocycles. The Morgan fingerprint density at radius 2 is 2.16 bits per heavy atom. The molecule has 0 aliphatic heterocycles. The zero-order valence-corrected chi connectivity index (χ0v) is 11.3. The van der Waals surface area contributed by atoms with E-state index < -0.39 is 0 Å². The van der Waals surface area contributed by atoms with Gasteiger partial charge in [0.1, 0.15) is 5.75 Å². The lowest BCUT2D eigenvalue weighted by molar-refractivity contribution is 0.184. The fraction of sp³-hybridized carbons (Fsp3) is 0.286. The Kier molecular flexibility index (Phi) is 4.30. The Balaban J connectivity index is 2.22. The van der Waals surface area contributed by atoms with Gasteiger partial charge in [-0.05, 0) is 24.6 Å². The van der Waals surface area contributed by atoms with Crippen molar-refractivity contribution in [2.24, 2.45) is 0 Å². The number of nitrogens with one attached hydrogen (secondary N) is 1. The third kappa shape index (κ3) is 3.42. The molecule has 0 amide bonds. The molecule has 0 unspecified atom stereocenters. The second-order valence-electron chi connectivity index (χ2n) is 4.11. The van der Waals surface area contributed by atoms with Gasteiger partial charge < -0.3 is 14.8 Å². The monoisotopic (exact) mass is 259 g/mol. The number of hydrogen-bond donors (Lipinski definition) is 1. The Morgan fingerprint density at radius 3 is 2.89 bits per heavy atom. The maximum Gasteiger partial charge on any atom is 0.226 e. The number of ether oxygens (including phenoxy) is 2. The van der Waals surface area contributed by atoms with E-state index in [1.807, 2.05) is 31.2 Å². The molecule has 19 heavy (non-hydrogen) atoms. The van der Waals surface area contributed by atoms with Gasteiger partial charge in [0.15, 0.2) is 0 Å². The maximum absolute atomic E-state index is 5.79. The second-order valence-corrected chi connectivity index (χ2v) is 4.11. The average Bonchev–Trinajstić information content (AvgIpc) is 2.42. The molecule has 0 bridgehead atoms. The SMILES string of the molecule is CNc1ncc(C)c(Oc2cccc(COC)c2)n1. The predicted molar refractivity (Wildman–Crippen MR) is 73.5 cm³/mol. The van der Waals surface area contributed by atoms with Gasteiger partial charge in [-0.1, -0.05) is 12.1 Å². The van der Waals surface area contributed by atoms with Crippen molar-refractivity contribution in [2.75, 3.05) is 19.5 Å². The maximum atomic E-state index is 5.79. The van der Waals surface area contributed by atoms with Crippen LogP contribution in [0.15, 0.2) is 30.5 Å². The molecule has 1 heterocycles. The smallest absolute Gasteiger partial charge is 0.226 e. The van der Waals surface area contributed by atoms with Gasteiger partial charge in [-0.25, -0.2) is 4.98 Å². The lowest BCUT2D eigenvalue weighted by Crippen LogP contribution is -2.00. The summed E-state index contributed by atoms with van der Waals surface area (Å²) >= 11 is 0. The Morgan fingerprint density at radius 1 is 1.32 bits per heavy atom. The first-order chi connectivity index (χ1) is 9.22. The van der Waals surface area contributed by atoms with Crippen molar-refractivity contribution in [3.8, 4) is 11.6 Å². The second kappa shape index (κ2) is 6.15. The predicted octanol–water partition coefficient (Wildman–Crippen LogP) is 2.77. The summed E-state index contributed by atoms with van der Waals surface area (Å²) in [6.07, 6.45) is 1.73. The van der Waals surface area contributed by atoms with Crippen LogP contribution in [0.1, 0.15) is 11.1 Å². The summed E-state index contributed by atoms with van der Waals surface area (Å²) in [6, 6.07) is 7.74. The van der Waals surface area contributed by atoms with Crippen molar-refractivity contribution < 1.29 is 9.47 Å². The third-order valence-corrected chi connectivity index (χ3v) is 2.57. The van der Waals surface area contributed by atoms with E-state index >= 15 is 0 Å². The van der Waals surface area contributed by atoms with Crippen LogP contribution in [0.5, 0.6) is 11.6 Å². The number of aryl methyl sites for hydroxylation is 1. The number of rotatable bonds is 5. The summed E-state index contributed by atoms with van der Waals surface area (Å²) in [6.45, 7) is 2.47. The van der Waals surface area contributed by atoms with Crippen LogP contribution in [0.25, 0.3) is 0 Å². The van der Waals surface area contributed by atoms with Gasteiger partial charge in [0, 0.05) is 25.9 Å². The van der Waals surface area contributed by atoms with Gasteiger partial charge in [0.2, 0.25) is 11.8 Å². The molecule has 0 fully saturated rings. The van der Waals surface area contributed by atoms with Crippen LogP contribution < -0.4 is 10.1 Å². The van der Waals surface area contributed by atoms with E-state index in [0.29, 0.717) is 18.4 Å². The molecule has 0 radical (unpaired) electrons. The number of nitrogens with zero attached hydrogens (tertiary/aromatic N) is 2. The van der Waals surface area contributed by atoms with Crippen LogP contribution >= 0.6 is 0 Å². The summed E-state index contributed by atoms with van der Waals surface area (Å²) < 4.78 is 10.9. The fourth-order valence-electron chi connectivity index (χ4n) is 1.63. The highest BCUT2D eigenvalue weighted by Gasteiger charge is 2.06. The first-order valence-electron chi connectivity index (χ1n) is 6.00. The first-order valence-corrected chi connectivity index (χ1v) is 6.00. The highest BCUT2D eigenvalue weighted by atomic mass is 16.5. The quantitative estimate of drug-likeness (QED) is 0.894. The van der Waals surface area contributed by atoms with E-state index in [1.54, 1.807) is 20.4 Å². The summed E-state index contributed by atoms with van der Waals surface area (Å²) in [5, 5.41) is 2.89. The standard InChI is InChI=1S/C14H17N3O2/c1-10-8-16-14(15-2)17-13(10)19-12-6-4-5-11(7-12)9-18-3/h4-8H,9H2,1-3H3,(H,15,16,17). The molecule has 0 saturated heterocycles. The zero-order chi connectivity index (χ0) is 13.7. The van der Waals surface area contributed by atoms with Crippen molar-refractivity contribution in [3.05, 3.63) is 41.6 Å².